The molecule has 0 saturated carbocycles. The van der Waals surface area contributed by atoms with Gasteiger partial charge in [0.05, 0.1) is 0 Å². The lowest BCUT2D eigenvalue weighted by atomic mass is 9.94. The molecule has 0 saturated heterocycles. The van der Waals surface area contributed by atoms with E-state index in [2.05, 4.69) is 61.2 Å². The fourth-order valence-electron chi connectivity index (χ4n) is 4.13. The molecular weight excluding hydrogens is 462 g/mol. The number of carboxylic acid groups (broad SMARTS) is 1. The zero-order chi connectivity index (χ0) is 26.9. The second-order valence-corrected chi connectivity index (χ2v) is 8.86. The monoisotopic (exact) mass is 499 g/mol. The molecule has 0 bridgehead atoms. The first-order valence-corrected chi connectivity index (χ1v) is 12.6. The Hall–Kier alpha value is -4.12. The number of primary amides is 1. The van der Waals surface area contributed by atoms with Crippen LogP contribution in [-0.4, -0.2) is 22.6 Å². The van der Waals surface area contributed by atoms with Crippen molar-refractivity contribution in [3.05, 3.63) is 113 Å². The number of carbonyl (C=O) groups is 2. The third-order valence-corrected chi connectivity index (χ3v) is 5.92. The maximum absolute atomic E-state index is 10.7. The van der Waals surface area contributed by atoms with Gasteiger partial charge >= 0.3 is 5.97 Å². The van der Waals surface area contributed by atoms with Crippen molar-refractivity contribution in [3.63, 3.8) is 0 Å². The van der Waals surface area contributed by atoms with Gasteiger partial charge in [-0.1, -0.05) is 84.4 Å². The Kier molecular flexibility index (Phi) is 13.0. The number of fused-ring (bicyclic) bond motifs is 1. The predicted molar refractivity (Wildman–Crippen MR) is 151 cm³/mol. The second kappa shape index (κ2) is 16.5. The Morgan fingerprint density at radius 1 is 0.757 bits per heavy atom. The summed E-state index contributed by atoms with van der Waals surface area (Å²) in [5.74, 6) is -0.433. The molecule has 0 spiro atoms. The Balaban J connectivity index is 0.000000404. The summed E-state index contributed by atoms with van der Waals surface area (Å²) in [6, 6.07) is 30.7. The van der Waals surface area contributed by atoms with Crippen LogP contribution in [0, 0.1) is 6.92 Å². The van der Waals surface area contributed by atoms with E-state index in [1.165, 1.54) is 22.3 Å². The Morgan fingerprint density at radius 2 is 1.38 bits per heavy atom. The molecule has 0 atom stereocenters. The number of carboxylic acids is 1. The lowest BCUT2D eigenvalue weighted by Crippen LogP contribution is -1.97. The first kappa shape index (κ1) is 29.1. The molecule has 0 radical (unpaired) electrons. The van der Waals surface area contributed by atoms with E-state index in [1.807, 2.05) is 36.4 Å². The van der Waals surface area contributed by atoms with E-state index in [9.17, 15) is 9.90 Å². The van der Waals surface area contributed by atoms with Crippen molar-refractivity contribution in [2.24, 2.45) is 5.73 Å². The van der Waals surface area contributed by atoms with Gasteiger partial charge in [-0.05, 0) is 79.7 Å². The topological polar surface area (TPSA) is 101 Å². The lowest BCUT2D eigenvalue weighted by Gasteiger charge is -2.12. The third-order valence-electron chi connectivity index (χ3n) is 5.92. The fourth-order valence-corrected chi connectivity index (χ4v) is 4.13. The molecule has 0 heterocycles. The van der Waals surface area contributed by atoms with Gasteiger partial charge in [-0.15, -0.1) is 0 Å². The van der Waals surface area contributed by atoms with Crippen LogP contribution >= 0.6 is 0 Å². The van der Waals surface area contributed by atoms with Crippen LogP contribution in [0.1, 0.15) is 47.9 Å². The second-order valence-electron chi connectivity index (χ2n) is 8.86. The predicted octanol–water partition coefficient (Wildman–Crippen LogP) is 6.61. The Bertz CT molecular complexity index is 1220. The van der Waals surface area contributed by atoms with E-state index in [0.717, 1.165) is 42.9 Å². The van der Waals surface area contributed by atoms with Crippen molar-refractivity contribution >= 4 is 23.2 Å². The highest BCUT2D eigenvalue weighted by Crippen LogP contribution is 2.30. The van der Waals surface area contributed by atoms with Crippen LogP contribution in [0.4, 0.5) is 0 Å². The Morgan fingerprint density at radius 3 is 1.97 bits per heavy atom. The number of nitrogens with two attached hydrogens (primary N) is 1. The largest absolute Gasteiger partial charge is 0.507 e. The molecule has 0 aliphatic carbocycles. The lowest BCUT2D eigenvalue weighted by molar-refractivity contribution is -0.137. The Labute approximate surface area is 219 Å². The quantitative estimate of drug-likeness (QED) is 0.178. The first-order chi connectivity index (χ1) is 17.9. The van der Waals surface area contributed by atoms with Gasteiger partial charge in [0.15, 0.2) is 0 Å². The number of benzene rings is 4. The van der Waals surface area contributed by atoms with Crippen LogP contribution in [0.3, 0.4) is 0 Å². The number of hydrogen-bond donors (Lipinski definition) is 3. The number of phenolic OH excluding ortho intramolecular Hbond substituents is 1. The zero-order valence-electron chi connectivity index (χ0n) is 21.5. The van der Waals surface area contributed by atoms with Gasteiger partial charge in [0.2, 0.25) is 6.41 Å². The average molecular weight is 500 g/mol. The number of carbonyl (C=O) groups excluding carboxylic acids is 1. The van der Waals surface area contributed by atoms with E-state index in [0.29, 0.717) is 12.2 Å². The van der Waals surface area contributed by atoms with Crippen LogP contribution in [0.25, 0.3) is 10.8 Å². The van der Waals surface area contributed by atoms with E-state index in [4.69, 9.17) is 9.90 Å². The third kappa shape index (κ3) is 11.0. The van der Waals surface area contributed by atoms with E-state index >= 15 is 0 Å². The number of unbranched alkanes of at least 4 members (excludes halogenated alkanes) is 1. The highest BCUT2D eigenvalue weighted by atomic mass is 16.4. The zero-order valence-corrected chi connectivity index (χ0v) is 21.5. The van der Waals surface area contributed by atoms with Crippen LogP contribution in [0.5, 0.6) is 5.75 Å². The van der Waals surface area contributed by atoms with Gasteiger partial charge in [-0.3, -0.25) is 9.59 Å². The van der Waals surface area contributed by atoms with Crippen molar-refractivity contribution in [2.45, 2.75) is 51.9 Å². The van der Waals surface area contributed by atoms with E-state index in [1.54, 1.807) is 6.07 Å². The molecule has 4 aromatic carbocycles. The number of aryl methyl sites for hydroxylation is 4. The summed E-state index contributed by atoms with van der Waals surface area (Å²) in [6.07, 6.45) is 5.86. The number of aromatic hydroxyl groups is 1. The minimum absolute atomic E-state index is 0.211. The smallest absolute Gasteiger partial charge is 0.303 e. The van der Waals surface area contributed by atoms with Gasteiger partial charge in [0, 0.05) is 11.8 Å². The number of aliphatic carboxylic acids is 1. The summed E-state index contributed by atoms with van der Waals surface area (Å²) in [5.41, 5.74) is 9.26. The van der Waals surface area contributed by atoms with Gasteiger partial charge in [0.25, 0.3) is 0 Å². The van der Waals surface area contributed by atoms with Crippen molar-refractivity contribution in [2.75, 3.05) is 0 Å². The molecule has 0 fully saturated rings. The summed E-state index contributed by atoms with van der Waals surface area (Å²) >= 11 is 0. The van der Waals surface area contributed by atoms with Gasteiger partial charge in [0.1, 0.15) is 5.75 Å². The first-order valence-electron chi connectivity index (χ1n) is 12.6. The van der Waals surface area contributed by atoms with Gasteiger partial charge in [-0.2, -0.15) is 0 Å². The maximum atomic E-state index is 10.7. The summed E-state index contributed by atoms with van der Waals surface area (Å²) < 4.78 is 0. The van der Waals surface area contributed by atoms with Crippen molar-refractivity contribution in [3.8, 4) is 5.75 Å². The number of rotatable bonds is 9. The number of phenols is 1. The molecular formula is C32H37NO4. The highest BCUT2D eigenvalue weighted by Gasteiger charge is 2.08. The van der Waals surface area contributed by atoms with Crippen LogP contribution in [0.15, 0.2) is 91.0 Å². The summed E-state index contributed by atoms with van der Waals surface area (Å²) in [7, 11) is 0. The molecule has 0 aromatic heterocycles. The molecule has 5 heteroatoms. The van der Waals surface area contributed by atoms with Crippen LogP contribution < -0.4 is 5.73 Å². The fraction of sp³-hybridized carbons (Fsp3) is 0.250. The summed E-state index contributed by atoms with van der Waals surface area (Å²) in [6.45, 7) is 2.08. The molecule has 0 unspecified atom stereocenters. The molecule has 4 rings (SSSR count). The van der Waals surface area contributed by atoms with Crippen molar-refractivity contribution in [1.29, 1.82) is 0 Å². The average Bonchev–Trinajstić information content (AvgIpc) is 2.89. The standard InChI is InChI=1S/C24H26O3.C7H8.CH3NO/c25-23-14-7-13-21-20(12-6-11-18-8-2-1-3-9-18)16-19(17-22(21)23)10-4-5-15-24(26)27;1-7-5-3-2-4-6-7;2-1-3/h1-3,7-9,13-14,16-17,25H,4-6,10-12,15H2,(H,26,27);2-6H,1H3;1H,(H2,2,3). The van der Waals surface area contributed by atoms with Crippen molar-refractivity contribution < 1.29 is 19.8 Å². The molecule has 0 aliphatic rings. The normalized spacial score (nSPS) is 9.97. The minimum Gasteiger partial charge on any atom is -0.507 e. The SMILES string of the molecule is Cc1ccccc1.NC=O.O=C(O)CCCCc1cc(CCCc2ccccc2)c2cccc(O)c2c1. The molecule has 37 heavy (non-hydrogen) atoms. The molecule has 1 amide bonds. The summed E-state index contributed by atoms with van der Waals surface area (Å²) in [4.78, 5) is 19.3. The summed E-state index contributed by atoms with van der Waals surface area (Å²) in [5, 5.41) is 21.1. The van der Waals surface area contributed by atoms with E-state index < -0.39 is 5.97 Å². The van der Waals surface area contributed by atoms with Crippen LogP contribution in [0.2, 0.25) is 0 Å². The molecule has 5 nitrogen and oxygen atoms in total. The molecule has 4 aromatic rings. The van der Waals surface area contributed by atoms with Crippen LogP contribution in [-0.2, 0) is 28.9 Å². The molecule has 194 valence electrons. The molecule has 4 N–H and O–H groups in total. The minimum atomic E-state index is -0.743. The number of amides is 1. The highest BCUT2D eigenvalue weighted by molar-refractivity contribution is 5.91. The molecule has 0 aliphatic heterocycles. The van der Waals surface area contributed by atoms with Gasteiger partial charge in [-0.25, -0.2) is 0 Å². The number of hydrogen-bond acceptors (Lipinski definition) is 3. The maximum Gasteiger partial charge on any atom is 0.303 e. The van der Waals surface area contributed by atoms with Gasteiger partial charge < -0.3 is 15.9 Å². The van der Waals surface area contributed by atoms with Crippen molar-refractivity contribution in [1.82, 2.24) is 0 Å². The van der Waals surface area contributed by atoms with E-state index in [-0.39, 0.29) is 12.8 Å².